The molecule has 2 amide bonds. The van der Waals surface area contributed by atoms with Gasteiger partial charge in [-0.15, -0.1) is 11.8 Å². The van der Waals surface area contributed by atoms with Crippen LogP contribution in [0.5, 0.6) is 0 Å². The maximum atomic E-state index is 12.2. The average molecular weight is 367 g/mol. The van der Waals surface area contributed by atoms with Crippen LogP contribution in [0.25, 0.3) is 0 Å². The third-order valence-corrected chi connectivity index (χ3v) is 4.79. The minimum atomic E-state index is -0.434. The SMILES string of the molecule is CCOC(=O)N1CCN(C(=O)CSCc2ccc([N+](=O)[O-])cc2)CC1. The Kier molecular flexibility index (Phi) is 7.05. The minimum Gasteiger partial charge on any atom is -0.450 e. The third-order valence-electron chi connectivity index (χ3n) is 3.80. The maximum Gasteiger partial charge on any atom is 0.409 e. The van der Waals surface area contributed by atoms with Gasteiger partial charge in [-0.1, -0.05) is 12.1 Å². The first kappa shape index (κ1) is 19.0. The van der Waals surface area contributed by atoms with Gasteiger partial charge in [0, 0.05) is 44.1 Å². The van der Waals surface area contributed by atoms with E-state index in [0.29, 0.717) is 44.3 Å². The number of thioether (sulfide) groups is 1. The monoisotopic (exact) mass is 367 g/mol. The highest BCUT2D eigenvalue weighted by molar-refractivity contribution is 7.99. The van der Waals surface area contributed by atoms with Crippen LogP contribution in [0.2, 0.25) is 0 Å². The van der Waals surface area contributed by atoms with Crippen LogP contribution >= 0.6 is 11.8 Å². The molecule has 1 aromatic carbocycles. The summed E-state index contributed by atoms with van der Waals surface area (Å²) >= 11 is 1.47. The molecular formula is C16H21N3O5S. The van der Waals surface area contributed by atoms with Gasteiger partial charge in [0.15, 0.2) is 0 Å². The van der Waals surface area contributed by atoms with Gasteiger partial charge in [0.1, 0.15) is 0 Å². The summed E-state index contributed by atoms with van der Waals surface area (Å²) in [6, 6.07) is 6.33. The van der Waals surface area contributed by atoms with Crippen molar-refractivity contribution < 1.29 is 19.2 Å². The molecule has 1 heterocycles. The number of rotatable bonds is 6. The molecule has 1 saturated heterocycles. The lowest BCUT2D eigenvalue weighted by molar-refractivity contribution is -0.384. The number of amides is 2. The van der Waals surface area contributed by atoms with Crippen LogP contribution in [-0.2, 0) is 15.3 Å². The molecule has 0 bridgehead atoms. The summed E-state index contributed by atoms with van der Waals surface area (Å²) < 4.78 is 4.95. The highest BCUT2D eigenvalue weighted by atomic mass is 32.2. The molecule has 0 atom stereocenters. The van der Waals surface area contributed by atoms with Gasteiger partial charge in [-0.25, -0.2) is 4.79 Å². The van der Waals surface area contributed by atoms with Gasteiger partial charge in [0.25, 0.3) is 5.69 Å². The van der Waals surface area contributed by atoms with E-state index in [1.165, 1.54) is 23.9 Å². The summed E-state index contributed by atoms with van der Waals surface area (Å²) in [6.07, 6.45) is -0.331. The van der Waals surface area contributed by atoms with Crippen molar-refractivity contribution in [2.75, 3.05) is 38.5 Å². The van der Waals surface area contributed by atoms with E-state index in [0.717, 1.165) is 5.56 Å². The zero-order chi connectivity index (χ0) is 18.2. The van der Waals surface area contributed by atoms with Gasteiger partial charge in [0.05, 0.1) is 17.3 Å². The zero-order valence-electron chi connectivity index (χ0n) is 14.1. The molecule has 0 aromatic heterocycles. The van der Waals surface area contributed by atoms with Gasteiger partial charge >= 0.3 is 6.09 Å². The minimum absolute atomic E-state index is 0.0374. The van der Waals surface area contributed by atoms with E-state index in [4.69, 9.17) is 4.74 Å². The molecule has 25 heavy (non-hydrogen) atoms. The standard InChI is InChI=1S/C16H21N3O5S/c1-2-24-16(21)18-9-7-17(8-10-18)15(20)12-25-11-13-3-5-14(6-4-13)19(22)23/h3-6H,2,7-12H2,1H3. The number of carbonyl (C=O) groups excluding carboxylic acids is 2. The van der Waals surface area contributed by atoms with Crippen molar-refractivity contribution in [1.29, 1.82) is 0 Å². The lowest BCUT2D eigenvalue weighted by Crippen LogP contribution is -2.51. The summed E-state index contributed by atoms with van der Waals surface area (Å²) in [5.74, 6) is 0.999. The van der Waals surface area contributed by atoms with Gasteiger partial charge in [-0.3, -0.25) is 14.9 Å². The van der Waals surface area contributed by atoms with E-state index in [1.807, 2.05) is 0 Å². The second kappa shape index (κ2) is 9.26. The number of nitro groups is 1. The van der Waals surface area contributed by atoms with Crippen molar-refractivity contribution in [3.05, 3.63) is 39.9 Å². The second-order valence-corrected chi connectivity index (χ2v) is 6.47. The van der Waals surface area contributed by atoms with Gasteiger partial charge in [0.2, 0.25) is 5.91 Å². The normalized spacial score (nSPS) is 14.3. The van der Waals surface area contributed by atoms with Crippen molar-refractivity contribution in [1.82, 2.24) is 9.80 Å². The molecular weight excluding hydrogens is 346 g/mol. The predicted octanol–water partition coefficient (Wildman–Crippen LogP) is 2.13. The van der Waals surface area contributed by atoms with Crippen LogP contribution in [0.4, 0.5) is 10.5 Å². The quantitative estimate of drug-likeness (QED) is 0.565. The Morgan fingerprint density at radius 3 is 2.32 bits per heavy atom. The van der Waals surface area contributed by atoms with Gasteiger partial charge in [-0.2, -0.15) is 0 Å². The summed E-state index contributed by atoms with van der Waals surface area (Å²) in [4.78, 5) is 37.4. The number of ether oxygens (including phenoxy) is 1. The Labute approximate surface area is 150 Å². The molecule has 0 saturated carbocycles. The Morgan fingerprint density at radius 1 is 1.16 bits per heavy atom. The van der Waals surface area contributed by atoms with E-state index in [1.54, 1.807) is 28.9 Å². The number of hydrogen-bond acceptors (Lipinski definition) is 6. The number of nitrogens with zero attached hydrogens (tertiary/aromatic N) is 3. The number of piperazine rings is 1. The maximum absolute atomic E-state index is 12.2. The lowest BCUT2D eigenvalue weighted by Gasteiger charge is -2.34. The predicted molar refractivity (Wildman–Crippen MR) is 94.4 cm³/mol. The first-order chi connectivity index (χ1) is 12.0. The number of hydrogen-bond donors (Lipinski definition) is 0. The lowest BCUT2D eigenvalue weighted by atomic mass is 10.2. The molecule has 9 heteroatoms. The van der Waals surface area contributed by atoms with Crippen molar-refractivity contribution in [3.63, 3.8) is 0 Å². The smallest absolute Gasteiger partial charge is 0.409 e. The van der Waals surface area contributed by atoms with E-state index in [-0.39, 0.29) is 17.7 Å². The second-order valence-electron chi connectivity index (χ2n) is 5.48. The molecule has 0 N–H and O–H groups in total. The van der Waals surface area contributed by atoms with Gasteiger partial charge in [-0.05, 0) is 12.5 Å². The Morgan fingerprint density at radius 2 is 1.76 bits per heavy atom. The van der Waals surface area contributed by atoms with Crippen molar-refractivity contribution in [2.24, 2.45) is 0 Å². The fourth-order valence-electron chi connectivity index (χ4n) is 2.41. The summed E-state index contributed by atoms with van der Waals surface area (Å²) in [6.45, 7) is 4.10. The molecule has 1 aromatic rings. The van der Waals surface area contributed by atoms with Crippen molar-refractivity contribution in [2.45, 2.75) is 12.7 Å². The molecule has 1 aliphatic rings. The average Bonchev–Trinajstić information content (AvgIpc) is 2.62. The molecule has 136 valence electrons. The highest BCUT2D eigenvalue weighted by Crippen LogP contribution is 2.17. The number of carbonyl (C=O) groups is 2. The largest absolute Gasteiger partial charge is 0.450 e. The number of non-ortho nitro benzene ring substituents is 1. The van der Waals surface area contributed by atoms with E-state index in [2.05, 4.69) is 0 Å². The van der Waals surface area contributed by atoms with E-state index in [9.17, 15) is 19.7 Å². The Balaban J connectivity index is 1.70. The van der Waals surface area contributed by atoms with Crippen molar-refractivity contribution in [3.8, 4) is 0 Å². The Hall–Kier alpha value is -2.29. The topological polar surface area (TPSA) is 93.0 Å². The molecule has 0 unspecified atom stereocenters. The fraction of sp³-hybridized carbons (Fsp3) is 0.500. The molecule has 2 rings (SSSR count). The molecule has 1 fully saturated rings. The van der Waals surface area contributed by atoms with Gasteiger partial charge < -0.3 is 14.5 Å². The summed E-state index contributed by atoms with van der Waals surface area (Å²) in [5, 5.41) is 10.6. The first-order valence-electron chi connectivity index (χ1n) is 8.01. The van der Waals surface area contributed by atoms with Crippen LogP contribution in [0.15, 0.2) is 24.3 Å². The van der Waals surface area contributed by atoms with Crippen LogP contribution < -0.4 is 0 Å². The summed E-state index contributed by atoms with van der Waals surface area (Å²) in [7, 11) is 0. The Bertz CT molecular complexity index is 615. The first-order valence-corrected chi connectivity index (χ1v) is 9.17. The van der Waals surface area contributed by atoms with Crippen LogP contribution in [0, 0.1) is 10.1 Å². The van der Waals surface area contributed by atoms with Crippen LogP contribution in [0.1, 0.15) is 12.5 Å². The molecule has 8 nitrogen and oxygen atoms in total. The van der Waals surface area contributed by atoms with Crippen LogP contribution in [0.3, 0.4) is 0 Å². The molecule has 0 spiro atoms. The number of nitro benzene ring substituents is 1. The molecule has 0 aliphatic carbocycles. The zero-order valence-corrected chi connectivity index (χ0v) is 14.9. The number of benzene rings is 1. The van der Waals surface area contributed by atoms with E-state index >= 15 is 0 Å². The molecule has 0 radical (unpaired) electrons. The summed E-state index contributed by atoms with van der Waals surface area (Å²) in [5.41, 5.74) is 1.000. The third kappa shape index (κ3) is 5.63. The van der Waals surface area contributed by atoms with Crippen LogP contribution in [-0.4, -0.2) is 65.3 Å². The highest BCUT2D eigenvalue weighted by Gasteiger charge is 2.24. The van der Waals surface area contributed by atoms with E-state index < -0.39 is 4.92 Å². The molecule has 1 aliphatic heterocycles. The van der Waals surface area contributed by atoms with Crippen molar-refractivity contribution >= 4 is 29.4 Å². The fourth-order valence-corrected chi connectivity index (χ4v) is 3.30.